The number of hydrogen-bond donors (Lipinski definition) is 2. The highest BCUT2D eigenvalue weighted by atomic mass is 32.2. The van der Waals surface area contributed by atoms with Crippen LogP contribution in [-0.2, 0) is 6.54 Å². The van der Waals surface area contributed by atoms with E-state index in [-0.39, 0.29) is 0 Å². The highest BCUT2D eigenvalue weighted by Crippen LogP contribution is 2.36. The Morgan fingerprint density at radius 1 is 1.14 bits per heavy atom. The minimum atomic E-state index is 0.305. The summed E-state index contributed by atoms with van der Waals surface area (Å²) in [5.74, 6) is 0.305. The van der Waals surface area contributed by atoms with Crippen molar-refractivity contribution in [3.05, 3.63) is 47.5 Å². The SMILES string of the molecule is Oc1ccc(-c2cc3c(c(S[C@H]4CCNC4)c2)C=NC3)cc1. The highest BCUT2D eigenvalue weighted by molar-refractivity contribution is 8.00. The van der Waals surface area contributed by atoms with Gasteiger partial charge in [0, 0.05) is 28.5 Å². The number of phenols is 1. The molecule has 2 N–H and O–H groups in total. The van der Waals surface area contributed by atoms with Gasteiger partial charge in [-0.2, -0.15) is 0 Å². The summed E-state index contributed by atoms with van der Waals surface area (Å²) in [6.07, 6.45) is 3.24. The van der Waals surface area contributed by atoms with Crippen molar-refractivity contribution < 1.29 is 5.11 Å². The molecule has 0 bridgehead atoms. The summed E-state index contributed by atoms with van der Waals surface area (Å²) in [6, 6.07) is 11.9. The molecule has 2 heterocycles. The third-order valence-electron chi connectivity index (χ3n) is 4.22. The first kappa shape index (κ1) is 13.9. The lowest BCUT2D eigenvalue weighted by molar-refractivity contribution is 0.475. The van der Waals surface area contributed by atoms with Crippen LogP contribution in [0.2, 0.25) is 0 Å². The summed E-state index contributed by atoms with van der Waals surface area (Å²) in [5.41, 5.74) is 4.94. The van der Waals surface area contributed by atoms with E-state index in [1.807, 2.05) is 30.1 Å². The monoisotopic (exact) mass is 310 g/mol. The van der Waals surface area contributed by atoms with Crippen molar-refractivity contribution in [2.24, 2.45) is 4.99 Å². The molecule has 1 atom stereocenters. The van der Waals surface area contributed by atoms with Crippen LogP contribution >= 0.6 is 11.8 Å². The van der Waals surface area contributed by atoms with Crippen molar-refractivity contribution in [3.8, 4) is 16.9 Å². The summed E-state index contributed by atoms with van der Waals surface area (Å²) >= 11 is 1.97. The molecule has 1 fully saturated rings. The molecular formula is C18H18N2OS. The minimum Gasteiger partial charge on any atom is -0.508 e. The topological polar surface area (TPSA) is 44.6 Å². The molecule has 0 saturated carbocycles. The fourth-order valence-corrected chi connectivity index (χ4v) is 4.33. The van der Waals surface area contributed by atoms with Crippen LogP contribution in [-0.4, -0.2) is 29.7 Å². The molecule has 3 nitrogen and oxygen atoms in total. The first-order valence-corrected chi connectivity index (χ1v) is 8.51. The number of benzene rings is 2. The number of nitrogens with one attached hydrogen (secondary N) is 1. The maximum Gasteiger partial charge on any atom is 0.115 e. The first-order valence-electron chi connectivity index (χ1n) is 7.63. The van der Waals surface area contributed by atoms with Gasteiger partial charge in [-0.05, 0) is 53.9 Å². The van der Waals surface area contributed by atoms with Crippen molar-refractivity contribution in [1.82, 2.24) is 5.32 Å². The molecule has 1 saturated heterocycles. The van der Waals surface area contributed by atoms with Gasteiger partial charge in [0.1, 0.15) is 5.75 Å². The fourth-order valence-electron chi connectivity index (χ4n) is 3.02. The van der Waals surface area contributed by atoms with Gasteiger partial charge >= 0.3 is 0 Å². The van der Waals surface area contributed by atoms with E-state index in [2.05, 4.69) is 22.4 Å². The van der Waals surface area contributed by atoms with Crippen molar-refractivity contribution in [3.63, 3.8) is 0 Å². The molecule has 0 aliphatic carbocycles. The normalized spacial score (nSPS) is 19.5. The van der Waals surface area contributed by atoms with Crippen LogP contribution in [0.25, 0.3) is 11.1 Å². The highest BCUT2D eigenvalue weighted by Gasteiger charge is 2.20. The van der Waals surface area contributed by atoms with E-state index in [4.69, 9.17) is 0 Å². The van der Waals surface area contributed by atoms with E-state index in [0.29, 0.717) is 11.0 Å². The maximum atomic E-state index is 9.47. The van der Waals surface area contributed by atoms with Crippen molar-refractivity contribution in [2.75, 3.05) is 13.1 Å². The standard InChI is InChI=1S/C18H18N2OS/c21-15-3-1-12(2-4-15)13-7-14-9-20-11-17(14)18(8-13)22-16-5-6-19-10-16/h1-4,7-8,11,16,19,21H,5-6,9-10H2/t16-/m0/s1. The third-order valence-corrected chi connectivity index (χ3v) is 5.55. The van der Waals surface area contributed by atoms with E-state index in [9.17, 15) is 5.11 Å². The van der Waals surface area contributed by atoms with Crippen LogP contribution in [0.15, 0.2) is 46.3 Å². The Bertz CT molecular complexity index is 719. The van der Waals surface area contributed by atoms with Gasteiger partial charge < -0.3 is 10.4 Å². The van der Waals surface area contributed by atoms with Gasteiger partial charge in [0.05, 0.1) is 6.54 Å². The van der Waals surface area contributed by atoms with E-state index in [0.717, 1.165) is 25.2 Å². The summed E-state index contributed by atoms with van der Waals surface area (Å²) < 4.78 is 0. The lowest BCUT2D eigenvalue weighted by atomic mass is 10.0. The smallest absolute Gasteiger partial charge is 0.115 e. The second-order valence-corrected chi connectivity index (χ2v) is 7.14. The average molecular weight is 310 g/mol. The van der Waals surface area contributed by atoms with Crippen LogP contribution < -0.4 is 5.32 Å². The number of nitrogens with zero attached hydrogens (tertiary/aromatic N) is 1. The summed E-state index contributed by atoms with van der Waals surface area (Å²) in [7, 11) is 0. The Kier molecular flexibility index (Phi) is 3.64. The Labute approximate surface area is 134 Å². The zero-order valence-corrected chi connectivity index (χ0v) is 13.1. The van der Waals surface area contributed by atoms with Crippen molar-refractivity contribution >= 4 is 18.0 Å². The first-order chi connectivity index (χ1) is 10.8. The Hall–Kier alpha value is -1.78. The molecule has 2 aromatic carbocycles. The number of phenolic OH excluding ortho intramolecular Hbond substituents is 1. The quantitative estimate of drug-likeness (QED) is 0.913. The molecule has 0 amide bonds. The second-order valence-electron chi connectivity index (χ2n) is 5.80. The summed E-state index contributed by atoms with van der Waals surface area (Å²) in [5, 5.41) is 13.5. The zero-order chi connectivity index (χ0) is 14.9. The molecule has 4 rings (SSSR count). The Morgan fingerprint density at radius 2 is 2.00 bits per heavy atom. The molecule has 112 valence electrons. The maximum absolute atomic E-state index is 9.47. The van der Waals surface area contributed by atoms with Gasteiger partial charge in [0.15, 0.2) is 0 Å². The lowest BCUT2D eigenvalue weighted by Crippen LogP contribution is -2.10. The van der Waals surface area contributed by atoms with Gasteiger partial charge in [-0.15, -0.1) is 11.8 Å². The number of aromatic hydroxyl groups is 1. The van der Waals surface area contributed by atoms with Gasteiger partial charge in [0.25, 0.3) is 0 Å². The Balaban J connectivity index is 1.72. The molecule has 0 spiro atoms. The number of hydrogen-bond acceptors (Lipinski definition) is 4. The largest absolute Gasteiger partial charge is 0.508 e. The van der Waals surface area contributed by atoms with E-state index < -0.39 is 0 Å². The molecule has 2 aromatic rings. The molecule has 0 unspecified atom stereocenters. The van der Waals surface area contributed by atoms with Crippen LogP contribution in [0, 0.1) is 0 Å². The van der Waals surface area contributed by atoms with Crippen LogP contribution in [0.3, 0.4) is 0 Å². The summed E-state index contributed by atoms with van der Waals surface area (Å²) in [4.78, 5) is 5.77. The van der Waals surface area contributed by atoms with E-state index >= 15 is 0 Å². The predicted octanol–water partition coefficient (Wildman–Crippen LogP) is 3.45. The third kappa shape index (κ3) is 2.64. The predicted molar refractivity (Wildman–Crippen MR) is 92.0 cm³/mol. The van der Waals surface area contributed by atoms with Gasteiger partial charge in [-0.25, -0.2) is 0 Å². The van der Waals surface area contributed by atoms with Crippen LogP contribution in [0.4, 0.5) is 0 Å². The summed E-state index contributed by atoms with van der Waals surface area (Å²) in [6.45, 7) is 2.98. The van der Waals surface area contributed by atoms with E-state index in [1.165, 1.54) is 28.0 Å². The molecule has 2 aliphatic heterocycles. The molecule has 2 aliphatic rings. The van der Waals surface area contributed by atoms with Gasteiger partial charge in [-0.1, -0.05) is 12.1 Å². The van der Waals surface area contributed by atoms with Gasteiger partial charge in [-0.3, -0.25) is 4.99 Å². The Morgan fingerprint density at radius 3 is 2.77 bits per heavy atom. The fraction of sp³-hybridized carbons (Fsp3) is 0.278. The molecule has 0 aromatic heterocycles. The number of aliphatic imine (C=N–C) groups is 1. The second kappa shape index (κ2) is 5.78. The minimum absolute atomic E-state index is 0.305. The van der Waals surface area contributed by atoms with Crippen molar-refractivity contribution in [1.29, 1.82) is 0 Å². The zero-order valence-electron chi connectivity index (χ0n) is 12.2. The molecule has 22 heavy (non-hydrogen) atoms. The number of rotatable bonds is 3. The number of fused-ring (bicyclic) bond motifs is 1. The molecule has 4 heteroatoms. The average Bonchev–Trinajstić information content (AvgIpc) is 3.19. The van der Waals surface area contributed by atoms with E-state index in [1.54, 1.807) is 12.1 Å². The van der Waals surface area contributed by atoms with Crippen molar-refractivity contribution in [2.45, 2.75) is 23.1 Å². The molecule has 0 radical (unpaired) electrons. The van der Waals surface area contributed by atoms with Gasteiger partial charge in [0.2, 0.25) is 0 Å². The number of thioether (sulfide) groups is 1. The lowest BCUT2D eigenvalue weighted by Gasteiger charge is -2.14. The molecular weight excluding hydrogens is 292 g/mol. The van der Waals surface area contributed by atoms with Crippen LogP contribution in [0.5, 0.6) is 5.75 Å². The van der Waals surface area contributed by atoms with Crippen LogP contribution in [0.1, 0.15) is 17.5 Å².